The molecule has 13 heteroatoms. The van der Waals surface area contributed by atoms with E-state index in [1.165, 1.54) is 6.08 Å². The maximum absolute atomic E-state index is 14.8. The molecule has 0 radical (unpaired) electrons. The van der Waals surface area contributed by atoms with Crippen LogP contribution in [-0.2, 0) is 47.2 Å². The minimum atomic E-state index is -1.34. The Morgan fingerprint density at radius 1 is 0.577 bits per heavy atom. The molecule has 0 bridgehead atoms. The van der Waals surface area contributed by atoms with Crippen LogP contribution in [-0.4, -0.2) is 72.8 Å². The average Bonchev–Trinajstić information content (AvgIpc) is 3.94. The number of carbonyl (C=O) groups is 5. The molecule has 13 nitrogen and oxygen atoms in total. The first-order valence-corrected chi connectivity index (χ1v) is 26.5. The summed E-state index contributed by atoms with van der Waals surface area (Å²) in [4.78, 5) is 70.2. The van der Waals surface area contributed by atoms with Gasteiger partial charge in [0.05, 0.1) is 12.1 Å². The van der Waals surface area contributed by atoms with Gasteiger partial charge in [-0.1, -0.05) is 194 Å². The summed E-state index contributed by atoms with van der Waals surface area (Å²) in [6, 6.07) is 57.2. The maximum Gasteiger partial charge on any atom is 0.407 e. The lowest BCUT2D eigenvalue weighted by Gasteiger charge is -2.37. The number of ether oxygens (including phenoxy) is 2. The van der Waals surface area contributed by atoms with E-state index in [9.17, 15) is 29.1 Å². The third-order valence-electron chi connectivity index (χ3n) is 14.1. The Labute approximate surface area is 456 Å². The van der Waals surface area contributed by atoms with E-state index in [4.69, 9.17) is 9.47 Å². The van der Waals surface area contributed by atoms with Gasteiger partial charge in [0.15, 0.2) is 0 Å². The molecule has 0 spiro atoms. The Hall–Kier alpha value is -8.65. The van der Waals surface area contributed by atoms with Crippen LogP contribution < -0.4 is 26.6 Å². The van der Waals surface area contributed by atoms with Gasteiger partial charge in [-0.15, -0.1) is 0 Å². The van der Waals surface area contributed by atoms with E-state index >= 15 is 0 Å². The van der Waals surface area contributed by atoms with Crippen LogP contribution in [0, 0.1) is 6.92 Å². The monoisotopic (exact) mass is 1050 g/mol. The number of esters is 1. The molecule has 0 heterocycles. The van der Waals surface area contributed by atoms with Crippen molar-refractivity contribution in [1.29, 1.82) is 0 Å². The largest absolute Gasteiger partial charge is 0.461 e. The van der Waals surface area contributed by atoms with Crippen molar-refractivity contribution in [2.24, 2.45) is 0 Å². The van der Waals surface area contributed by atoms with E-state index in [1.54, 1.807) is 24.3 Å². The summed E-state index contributed by atoms with van der Waals surface area (Å²) in [5.41, 5.74) is 9.59. The van der Waals surface area contributed by atoms with Crippen LogP contribution in [0.25, 0.3) is 11.1 Å². The molecule has 4 amide bonds. The van der Waals surface area contributed by atoms with Crippen LogP contribution in [0.4, 0.5) is 10.5 Å². The third-order valence-corrected chi connectivity index (χ3v) is 14.1. The molecule has 6 N–H and O–H groups in total. The van der Waals surface area contributed by atoms with Crippen LogP contribution >= 0.6 is 0 Å². The van der Waals surface area contributed by atoms with Gasteiger partial charge in [0.2, 0.25) is 17.7 Å². The Kier molecular flexibility index (Phi) is 19.5. The van der Waals surface area contributed by atoms with Crippen molar-refractivity contribution in [3.05, 3.63) is 245 Å². The zero-order valence-corrected chi connectivity index (χ0v) is 43.9. The lowest BCUT2D eigenvalue weighted by molar-refractivity contribution is -0.142. The van der Waals surface area contributed by atoms with Gasteiger partial charge in [-0.2, -0.15) is 0 Å². The normalized spacial score (nSPS) is 12.9. The predicted molar refractivity (Wildman–Crippen MR) is 303 cm³/mol. The molecule has 7 aromatic carbocycles. The first kappa shape index (κ1) is 55.6. The Bertz CT molecular complexity index is 3030. The molecule has 3 atom stereocenters. The number of carbonyl (C=O) groups excluding carboxylic acids is 5. The number of hydrogen-bond donors (Lipinski definition) is 6. The molecular weight excluding hydrogens is 979 g/mol. The second kappa shape index (κ2) is 27.4. The molecule has 0 saturated carbocycles. The standard InChI is InChI=1S/C65H67N5O8/c1-3-41-77-60(72)39-38-58(70-64(76)78-44-56-54-27-15-13-25-52(54)53-26-14-16-28-55(53)56)62(74)69-59(42-46-19-7-4-8-20-46)63(75)68-57(61(73)67-51-36-32-47(43-71)33-37-51)29-17-18-40-66-65(48-21-9-5-10-22-48,49-23-11-6-12-24-49)50-34-30-45(2)31-35-50/h3-16,19-28,30-37,56-59,66,71H,1,17-18,29,38-44H2,2H3,(H,67,73)(H,68,75)(H,69,74)(H,70,76)/t57-,58?,59-/m0/s1. The highest BCUT2D eigenvalue weighted by atomic mass is 16.5. The van der Waals surface area contributed by atoms with Crippen molar-refractivity contribution >= 4 is 35.5 Å². The Morgan fingerprint density at radius 3 is 1.72 bits per heavy atom. The highest BCUT2D eigenvalue weighted by Gasteiger charge is 2.37. The number of hydrogen-bond acceptors (Lipinski definition) is 9. The van der Waals surface area contributed by atoms with Gasteiger partial charge in [-0.3, -0.25) is 24.5 Å². The minimum Gasteiger partial charge on any atom is -0.461 e. The molecule has 1 unspecified atom stereocenters. The van der Waals surface area contributed by atoms with Crippen molar-refractivity contribution in [2.75, 3.05) is 25.1 Å². The SMILES string of the molecule is C=CCOC(=O)CCC(NC(=O)OCC1c2ccccc2-c2ccccc21)C(=O)N[C@@H](Cc1ccccc1)C(=O)N[C@@H](CCCCNC(c1ccccc1)(c1ccccc1)c1ccc(C)cc1)C(=O)Nc1ccc(CO)cc1. The van der Waals surface area contributed by atoms with Crippen LogP contribution in [0.1, 0.15) is 82.5 Å². The van der Waals surface area contributed by atoms with Crippen molar-refractivity contribution in [1.82, 2.24) is 21.3 Å². The second-order valence-corrected chi connectivity index (χ2v) is 19.5. The number of unbranched alkanes of at least 4 members (excludes halogenated alkanes) is 1. The number of anilines is 1. The van der Waals surface area contributed by atoms with Gasteiger partial charge in [0.25, 0.3) is 0 Å². The van der Waals surface area contributed by atoms with Gasteiger partial charge in [0.1, 0.15) is 31.3 Å². The molecule has 0 fully saturated rings. The van der Waals surface area contributed by atoms with Crippen molar-refractivity contribution in [3.63, 3.8) is 0 Å². The molecule has 1 aliphatic carbocycles. The van der Waals surface area contributed by atoms with Crippen molar-refractivity contribution in [3.8, 4) is 11.1 Å². The zero-order chi connectivity index (χ0) is 54.7. The number of alkyl carbamates (subject to hydrolysis) is 1. The predicted octanol–water partition coefficient (Wildman–Crippen LogP) is 9.81. The summed E-state index contributed by atoms with van der Waals surface area (Å²) in [5, 5.41) is 25.0. The van der Waals surface area contributed by atoms with E-state index in [0.29, 0.717) is 30.6 Å². The van der Waals surface area contributed by atoms with Gasteiger partial charge in [-0.25, -0.2) is 4.79 Å². The van der Waals surface area contributed by atoms with Gasteiger partial charge >= 0.3 is 12.1 Å². The summed E-state index contributed by atoms with van der Waals surface area (Å²) in [5.74, 6) is -2.73. The number of aliphatic hydroxyl groups is 1. The fourth-order valence-electron chi connectivity index (χ4n) is 10.1. The average molecular weight is 1050 g/mol. The molecule has 8 rings (SSSR count). The number of fused-ring (bicyclic) bond motifs is 3. The topological polar surface area (TPSA) is 184 Å². The Morgan fingerprint density at radius 2 is 1.12 bits per heavy atom. The molecule has 0 saturated heterocycles. The number of aliphatic hydroxyl groups excluding tert-OH is 1. The summed E-state index contributed by atoms with van der Waals surface area (Å²) < 4.78 is 11.0. The molecule has 78 heavy (non-hydrogen) atoms. The first-order valence-electron chi connectivity index (χ1n) is 26.5. The van der Waals surface area contributed by atoms with Crippen LogP contribution in [0.2, 0.25) is 0 Å². The third kappa shape index (κ3) is 14.2. The molecule has 400 valence electrons. The number of nitrogens with one attached hydrogen (secondary N) is 5. The highest BCUT2D eigenvalue weighted by molar-refractivity contribution is 5.99. The van der Waals surface area contributed by atoms with E-state index in [2.05, 4.69) is 88.6 Å². The lowest BCUT2D eigenvalue weighted by Crippen LogP contribution is -2.57. The fourth-order valence-corrected chi connectivity index (χ4v) is 10.1. The number of benzene rings is 7. The molecular formula is C65H67N5O8. The summed E-state index contributed by atoms with van der Waals surface area (Å²) in [6.07, 6.45) is 1.49. The smallest absolute Gasteiger partial charge is 0.407 e. The van der Waals surface area contributed by atoms with E-state index < -0.39 is 53.4 Å². The second-order valence-electron chi connectivity index (χ2n) is 19.5. The molecule has 7 aromatic rings. The lowest BCUT2D eigenvalue weighted by atomic mass is 9.76. The first-order chi connectivity index (χ1) is 38.1. The fraction of sp³-hybridized carbons (Fsp3) is 0.246. The number of rotatable bonds is 26. The van der Waals surface area contributed by atoms with Crippen molar-refractivity contribution in [2.45, 2.75) is 81.6 Å². The van der Waals surface area contributed by atoms with Gasteiger partial charge < -0.3 is 35.8 Å². The summed E-state index contributed by atoms with van der Waals surface area (Å²) in [7, 11) is 0. The van der Waals surface area contributed by atoms with Crippen molar-refractivity contribution < 1.29 is 38.6 Å². The highest BCUT2D eigenvalue weighted by Crippen LogP contribution is 2.44. The van der Waals surface area contributed by atoms with Gasteiger partial charge in [-0.05, 0) is 101 Å². The van der Waals surface area contributed by atoms with E-state index in [0.717, 1.165) is 50.1 Å². The van der Waals surface area contributed by atoms with Crippen LogP contribution in [0.15, 0.2) is 201 Å². The quantitative estimate of drug-likeness (QED) is 0.0133. The minimum absolute atomic E-state index is 0.0205. The Balaban J connectivity index is 1.01. The number of aryl methyl sites for hydroxylation is 1. The van der Waals surface area contributed by atoms with Crippen LogP contribution in [0.3, 0.4) is 0 Å². The molecule has 0 aromatic heterocycles. The van der Waals surface area contributed by atoms with Crippen LogP contribution in [0.5, 0.6) is 0 Å². The maximum atomic E-state index is 14.8. The van der Waals surface area contributed by atoms with E-state index in [-0.39, 0.29) is 51.4 Å². The molecule has 1 aliphatic rings. The number of amides is 4. The summed E-state index contributed by atoms with van der Waals surface area (Å²) in [6.45, 7) is 5.97. The summed E-state index contributed by atoms with van der Waals surface area (Å²) >= 11 is 0. The molecule has 0 aliphatic heterocycles. The van der Waals surface area contributed by atoms with Gasteiger partial charge in [0, 0.05) is 24.4 Å². The zero-order valence-electron chi connectivity index (χ0n) is 43.9. The van der Waals surface area contributed by atoms with E-state index in [1.807, 2.05) is 115 Å².